The number of carbonyl (C=O) groups is 4. The van der Waals surface area contributed by atoms with E-state index in [1.54, 1.807) is 45.0 Å². The van der Waals surface area contributed by atoms with E-state index in [1.165, 1.54) is 45.6 Å². The van der Waals surface area contributed by atoms with Crippen molar-refractivity contribution in [3.05, 3.63) is 87.7 Å². The van der Waals surface area contributed by atoms with E-state index in [9.17, 15) is 24.3 Å². The number of benzene rings is 3. The number of ketones is 1. The van der Waals surface area contributed by atoms with Crippen molar-refractivity contribution in [2.45, 2.75) is 45.9 Å². The minimum Gasteiger partial charge on any atom is -0.494 e. The van der Waals surface area contributed by atoms with Gasteiger partial charge in [0, 0.05) is 32.2 Å². The van der Waals surface area contributed by atoms with Crippen LogP contribution in [0.25, 0.3) is 0 Å². The lowest BCUT2D eigenvalue weighted by molar-refractivity contribution is -0.0417. The zero-order valence-corrected chi connectivity index (χ0v) is 28.7. The molecule has 1 aliphatic heterocycles. The molecule has 4 rings (SSSR count). The number of ether oxygens (including phenoxy) is 6. The molecule has 0 aromatic heterocycles. The van der Waals surface area contributed by atoms with Gasteiger partial charge in [-0.2, -0.15) is 0 Å². The third kappa shape index (κ3) is 8.14. The second-order valence-corrected chi connectivity index (χ2v) is 11.6. The van der Waals surface area contributed by atoms with Crippen molar-refractivity contribution >= 4 is 23.8 Å². The number of carboxylic acid groups (broad SMARTS) is 1. The van der Waals surface area contributed by atoms with Gasteiger partial charge in [0.15, 0.2) is 30.9 Å². The van der Waals surface area contributed by atoms with Crippen molar-refractivity contribution in [2.75, 3.05) is 41.5 Å². The summed E-state index contributed by atoms with van der Waals surface area (Å²) in [5.74, 6) is -4.66. The number of methoxy groups -OCH3 is 3. The Morgan fingerprint density at radius 1 is 0.880 bits per heavy atom. The summed E-state index contributed by atoms with van der Waals surface area (Å²) in [6, 6.07) is 10.6. The third-order valence-electron chi connectivity index (χ3n) is 8.55. The molecular weight excluding hydrogens is 655 g/mol. The molecule has 268 valence electrons. The molecule has 3 aromatic rings. The Labute approximate surface area is 289 Å². The summed E-state index contributed by atoms with van der Waals surface area (Å²) in [7, 11) is 4.07. The molecule has 3 atom stereocenters. The maximum atomic E-state index is 16.0. The number of hydrogen-bond donors (Lipinski definition) is 2. The predicted octanol–water partition coefficient (Wildman–Crippen LogP) is 5.28. The van der Waals surface area contributed by atoms with Crippen LogP contribution in [0.4, 0.5) is 9.18 Å². The van der Waals surface area contributed by atoms with E-state index in [4.69, 9.17) is 28.4 Å². The largest absolute Gasteiger partial charge is 0.494 e. The molecule has 1 fully saturated rings. The van der Waals surface area contributed by atoms with Crippen LogP contribution in [0.1, 0.15) is 60.6 Å². The number of nitrogens with one attached hydrogen (secondary N) is 1. The molecule has 0 radical (unpaired) electrons. The van der Waals surface area contributed by atoms with E-state index < -0.39 is 53.3 Å². The summed E-state index contributed by atoms with van der Waals surface area (Å²) >= 11 is 0. The van der Waals surface area contributed by atoms with Gasteiger partial charge in [0.25, 0.3) is 5.91 Å². The fourth-order valence-electron chi connectivity index (χ4n) is 5.99. The highest BCUT2D eigenvalue weighted by atomic mass is 19.1. The minimum absolute atomic E-state index is 0.0197. The van der Waals surface area contributed by atoms with Gasteiger partial charge in [-0.25, -0.2) is 14.0 Å². The molecule has 50 heavy (non-hydrogen) atoms. The average Bonchev–Trinajstić information content (AvgIpc) is 3.27. The van der Waals surface area contributed by atoms with Crippen molar-refractivity contribution in [2.24, 2.45) is 5.92 Å². The van der Waals surface area contributed by atoms with Crippen LogP contribution >= 0.6 is 0 Å². The van der Waals surface area contributed by atoms with Crippen LogP contribution in [0.3, 0.4) is 0 Å². The van der Waals surface area contributed by atoms with Gasteiger partial charge in [0.05, 0.1) is 24.3 Å². The van der Waals surface area contributed by atoms with Crippen LogP contribution in [0.5, 0.6) is 17.2 Å². The van der Waals surface area contributed by atoms with Crippen LogP contribution in [0, 0.1) is 32.5 Å². The van der Waals surface area contributed by atoms with Crippen molar-refractivity contribution in [1.29, 1.82) is 0 Å². The van der Waals surface area contributed by atoms with E-state index in [-0.39, 0.29) is 55.6 Å². The zero-order chi connectivity index (χ0) is 36.5. The number of carbonyl (C=O) groups excluding carboxylic acids is 3. The molecule has 2 amide bonds. The molecular formula is C36H41FN2O11. The van der Waals surface area contributed by atoms with Crippen LogP contribution < -0.4 is 19.5 Å². The first kappa shape index (κ1) is 37.6. The standard InChI is InChI=1S/C36H41FN2O11/c1-20-17-27(49-19-46-5)21(2)22(3)28(20)33(41)38-31-24(32(40)29-25(48-18-45-4)14-15-26(47-6)30(29)37)13-10-16-39(36(43)44)34(31)50-35(42)23-11-8-7-9-12-23/h7-9,11-12,14-15,17,24,31,34H,10,13,16,18-19H2,1-6H3,(H,38,41)(H,43,44). The molecule has 14 heteroatoms. The maximum Gasteiger partial charge on any atom is 0.410 e. The second-order valence-electron chi connectivity index (χ2n) is 11.6. The number of nitrogens with zero attached hydrogens (tertiary/aromatic N) is 1. The molecule has 3 unspecified atom stereocenters. The fourth-order valence-corrected chi connectivity index (χ4v) is 5.99. The van der Waals surface area contributed by atoms with Gasteiger partial charge in [-0.3, -0.25) is 14.5 Å². The number of hydrogen-bond acceptors (Lipinski definition) is 10. The fraction of sp³-hybridized carbons (Fsp3) is 0.389. The van der Waals surface area contributed by atoms with Crippen LogP contribution in [0.15, 0.2) is 48.5 Å². The number of esters is 1. The molecule has 1 heterocycles. The van der Waals surface area contributed by atoms with E-state index >= 15 is 4.39 Å². The number of rotatable bonds is 13. The van der Waals surface area contributed by atoms with Crippen LogP contribution in [0.2, 0.25) is 0 Å². The van der Waals surface area contributed by atoms with E-state index in [1.807, 2.05) is 0 Å². The highest BCUT2D eigenvalue weighted by molar-refractivity contribution is 6.03. The molecule has 2 N–H and O–H groups in total. The van der Waals surface area contributed by atoms with Crippen molar-refractivity contribution in [3.8, 4) is 17.2 Å². The van der Waals surface area contributed by atoms with Gasteiger partial charge in [0.1, 0.15) is 11.5 Å². The Morgan fingerprint density at radius 3 is 2.14 bits per heavy atom. The first-order chi connectivity index (χ1) is 23.9. The van der Waals surface area contributed by atoms with Gasteiger partial charge < -0.3 is 38.8 Å². The normalized spacial score (nSPS) is 17.3. The molecule has 0 aliphatic carbocycles. The van der Waals surface area contributed by atoms with Gasteiger partial charge in [-0.05, 0) is 80.6 Å². The molecule has 1 aliphatic rings. The van der Waals surface area contributed by atoms with Crippen molar-refractivity contribution in [1.82, 2.24) is 10.2 Å². The first-order valence-electron chi connectivity index (χ1n) is 15.8. The lowest BCUT2D eigenvalue weighted by atomic mass is 9.85. The van der Waals surface area contributed by atoms with Crippen molar-refractivity contribution in [3.63, 3.8) is 0 Å². The first-order valence-corrected chi connectivity index (χ1v) is 15.8. The molecule has 0 saturated carbocycles. The number of aryl methyl sites for hydroxylation is 1. The maximum absolute atomic E-state index is 16.0. The Bertz CT molecular complexity index is 1720. The van der Waals surface area contributed by atoms with Gasteiger partial charge in [0.2, 0.25) is 6.23 Å². The quantitative estimate of drug-likeness (QED) is 0.136. The smallest absolute Gasteiger partial charge is 0.410 e. The summed E-state index contributed by atoms with van der Waals surface area (Å²) in [6.07, 6.45) is -3.07. The van der Waals surface area contributed by atoms with Gasteiger partial charge >= 0.3 is 12.1 Å². The monoisotopic (exact) mass is 696 g/mol. The van der Waals surface area contributed by atoms with Crippen molar-refractivity contribution < 1.29 is 57.1 Å². The number of halogens is 1. The third-order valence-corrected chi connectivity index (χ3v) is 8.55. The highest BCUT2D eigenvalue weighted by Gasteiger charge is 2.46. The SMILES string of the molecule is COCOc1cc(C)c(C(=O)NC2C(C(=O)c3c(OCOC)ccc(OC)c3F)CCCN(C(=O)O)C2OC(=O)c2ccccc2)c(C)c1C. The zero-order valence-electron chi connectivity index (χ0n) is 28.7. The summed E-state index contributed by atoms with van der Waals surface area (Å²) < 4.78 is 48.2. The van der Waals surface area contributed by atoms with Crippen LogP contribution in [-0.4, -0.2) is 87.5 Å². The van der Waals surface area contributed by atoms with Crippen LogP contribution in [-0.2, 0) is 14.2 Å². The average molecular weight is 697 g/mol. The minimum atomic E-state index is -1.70. The Hall–Kier alpha value is -5.21. The second kappa shape index (κ2) is 16.9. The lowest BCUT2D eigenvalue weighted by Gasteiger charge is -2.36. The summed E-state index contributed by atoms with van der Waals surface area (Å²) in [5.41, 5.74) is 1.55. The molecule has 0 bridgehead atoms. The number of Topliss-reactive ketones (excluding diaryl/α,β-unsaturated/α-hetero) is 1. The summed E-state index contributed by atoms with van der Waals surface area (Å²) in [5, 5.41) is 13.1. The molecule has 1 saturated heterocycles. The summed E-state index contributed by atoms with van der Waals surface area (Å²) in [4.78, 5) is 55.8. The number of amides is 2. The molecule has 0 spiro atoms. The Morgan fingerprint density at radius 2 is 1.52 bits per heavy atom. The molecule has 13 nitrogen and oxygen atoms in total. The lowest BCUT2D eigenvalue weighted by Crippen LogP contribution is -2.58. The summed E-state index contributed by atoms with van der Waals surface area (Å²) in [6.45, 7) is 4.68. The topological polar surface area (TPSA) is 159 Å². The van der Waals surface area contributed by atoms with E-state index in [2.05, 4.69) is 5.32 Å². The van der Waals surface area contributed by atoms with E-state index in [0.717, 1.165) is 4.90 Å². The predicted molar refractivity (Wildman–Crippen MR) is 177 cm³/mol. The highest BCUT2D eigenvalue weighted by Crippen LogP contribution is 2.36. The Balaban J connectivity index is 1.88. The van der Waals surface area contributed by atoms with Gasteiger partial charge in [-0.1, -0.05) is 18.2 Å². The molecule has 3 aromatic carbocycles. The van der Waals surface area contributed by atoms with Gasteiger partial charge in [-0.15, -0.1) is 0 Å². The van der Waals surface area contributed by atoms with E-state index in [0.29, 0.717) is 22.4 Å². The number of likely N-dealkylation sites (tertiary alicyclic amines) is 1. The Kier molecular flexibility index (Phi) is 12.7.